The zero-order valence-corrected chi connectivity index (χ0v) is 8.94. The molecule has 1 aromatic rings. The number of carbonyl (C=O) groups is 1. The van der Waals surface area contributed by atoms with Gasteiger partial charge < -0.3 is 15.4 Å². The summed E-state index contributed by atoms with van der Waals surface area (Å²) in [5.74, 6) is -0.0650. The first-order chi connectivity index (χ1) is 7.63. The van der Waals surface area contributed by atoms with E-state index in [0.717, 1.165) is 0 Å². The van der Waals surface area contributed by atoms with Gasteiger partial charge in [-0.15, -0.1) is 0 Å². The van der Waals surface area contributed by atoms with Gasteiger partial charge in [0.05, 0.1) is 5.69 Å². The number of benzene rings is 1. The second-order valence-electron chi connectivity index (χ2n) is 3.69. The molecule has 0 saturated heterocycles. The van der Waals surface area contributed by atoms with Gasteiger partial charge in [0, 0.05) is 19.5 Å². The first-order valence-corrected chi connectivity index (χ1v) is 5.07. The van der Waals surface area contributed by atoms with Gasteiger partial charge in [0.2, 0.25) is 0 Å². The lowest BCUT2D eigenvalue weighted by molar-refractivity contribution is -0.126. The van der Waals surface area contributed by atoms with Crippen molar-refractivity contribution in [3.8, 4) is 5.75 Å². The molecule has 1 aromatic carbocycles. The first kappa shape index (κ1) is 10.9. The Hall–Kier alpha value is -1.62. The average Bonchev–Trinajstić information content (AvgIpc) is 2.27. The van der Waals surface area contributed by atoms with Gasteiger partial charge in [-0.3, -0.25) is 4.79 Å². The summed E-state index contributed by atoms with van der Waals surface area (Å²) in [5, 5.41) is 0. The molecule has 0 radical (unpaired) electrons. The highest BCUT2D eigenvalue weighted by Crippen LogP contribution is 2.34. The summed E-state index contributed by atoms with van der Waals surface area (Å²) in [6, 6.07) is 4.12. The summed E-state index contributed by atoms with van der Waals surface area (Å²) in [7, 11) is 1.60. The molecule has 2 N–H and O–H groups in total. The van der Waals surface area contributed by atoms with Gasteiger partial charge in [0.1, 0.15) is 11.6 Å². The van der Waals surface area contributed by atoms with Gasteiger partial charge >= 0.3 is 0 Å². The maximum absolute atomic E-state index is 13.0. The maximum atomic E-state index is 13.0. The fraction of sp³-hybridized carbons (Fsp3) is 0.364. The molecule has 0 aromatic heterocycles. The van der Waals surface area contributed by atoms with Gasteiger partial charge in [0.15, 0.2) is 6.10 Å². The van der Waals surface area contributed by atoms with Gasteiger partial charge in [-0.1, -0.05) is 0 Å². The Kier molecular flexibility index (Phi) is 2.78. The number of likely N-dealkylation sites (N-methyl/N-ethyl adjacent to an activating group) is 1. The van der Waals surface area contributed by atoms with Crippen molar-refractivity contribution in [2.24, 2.45) is 5.73 Å². The molecule has 0 saturated carbocycles. The number of fused-ring (bicyclic) bond motifs is 1. The monoisotopic (exact) mass is 224 g/mol. The Bertz CT molecular complexity index is 422. The predicted octanol–water partition coefficient (Wildman–Crippen LogP) is 0.898. The quantitative estimate of drug-likeness (QED) is 0.812. The van der Waals surface area contributed by atoms with Crippen molar-refractivity contribution < 1.29 is 13.9 Å². The van der Waals surface area contributed by atoms with Crippen molar-refractivity contribution in [2.45, 2.75) is 12.5 Å². The summed E-state index contributed by atoms with van der Waals surface area (Å²) < 4.78 is 18.5. The van der Waals surface area contributed by atoms with Crippen LogP contribution in [-0.2, 0) is 4.79 Å². The van der Waals surface area contributed by atoms with Crippen molar-refractivity contribution >= 4 is 11.6 Å². The molecular formula is C11H13FN2O2. The van der Waals surface area contributed by atoms with Crippen LogP contribution >= 0.6 is 0 Å². The van der Waals surface area contributed by atoms with Gasteiger partial charge in [-0.05, 0) is 18.7 Å². The molecular weight excluding hydrogens is 211 g/mol. The lowest BCUT2D eigenvalue weighted by Crippen LogP contribution is -2.44. The molecule has 1 amide bonds. The highest BCUT2D eigenvalue weighted by atomic mass is 19.1. The zero-order valence-electron chi connectivity index (χ0n) is 8.94. The molecule has 1 atom stereocenters. The third-order valence-corrected chi connectivity index (χ3v) is 2.59. The van der Waals surface area contributed by atoms with Crippen molar-refractivity contribution in [2.75, 3.05) is 18.5 Å². The van der Waals surface area contributed by atoms with E-state index < -0.39 is 6.10 Å². The molecule has 86 valence electrons. The Labute approximate surface area is 92.8 Å². The third-order valence-electron chi connectivity index (χ3n) is 2.59. The molecule has 16 heavy (non-hydrogen) atoms. The molecule has 0 spiro atoms. The molecule has 1 unspecified atom stereocenters. The Morgan fingerprint density at radius 3 is 3.00 bits per heavy atom. The highest BCUT2D eigenvalue weighted by molar-refractivity contribution is 5.99. The average molecular weight is 224 g/mol. The van der Waals surface area contributed by atoms with Crippen molar-refractivity contribution in [1.82, 2.24) is 0 Å². The molecule has 5 heteroatoms. The number of ether oxygens (including phenoxy) is 1. The van der Waals surface area contributed by atoms with Crippen molar-refractivity contribution in [3.05, 3.63) is 24.0 Å². The van der Waals surface area contributed by atoms with Gasteiger partial charge in [-0.25, -0.2) is 4.39 Å². The van der Waals surface area contributed by atoms with E-state index in [2.05, 4.69) is 0 Å². The van der Waals surface area contributed by atoms with Crippen LogP contribution in [0.15, 0.2) is 18.2 Å². The maximum Gasteiger partial charge on any atom is 0.267 e. The number of nitrogens with two attached hydrogens (primary N) is 1. The molecule has 0 aliphatic carbocycles. The van der Waals surface area contributed by atoms with E-state index in [1.54, 1.807) is 7.05 Å². The van der Waals surface area contributed by atoms with Gasteiger partial charge in [0.25, 0.3) is 5.91 Å². The summed E-state index contributed by atoms with van der Waals surface area (Å²) in [4.78, 5) is 13.2. The van der Waals surface area contributed by atoms with Crippen LogP contribution in [0.3, 0.4) is 0 Å². The molecule has 2 rings (SSSR count). The third kappa shape index (κ3) is 1.74. The van der Waals surface area contributed by atoms with Crippen LogP contribution in [0.2, 0.25) is 0 Å². The second kappa shape index (κ2) is 4.09. The Morgan fingerprint density at radius 1 is 1.56 bits per heavy atom. The molecule has 1 aliphatic heterocycles. The minimum absolute atomic E-state index is 0.191. The largest absolute Gasteiger partial charge is 0.478 e. The number of carbonyl (C=O) groups excluding carboxylic acids is 1. The molecule has 1 aliphatic rings. The van der Waals surface area contributed by atoms with Crippen LogP contribution in [0, 0.1) is 5.82 Å². The lowest BCUT2D eigenvalue weighted by atomic mass is 10.1. The Morgan fingerprint density at radius 2 is 2.31 bits per heavy atom. The van der Waals surface area contributed by atoms with E-state index >= 15 is 0 Å². The molecule has 0 fully saturated rings. The van der Waals surface area contributed by atoms with Crippen LogP contribution in [0.4, 0.5) is 10.1 Å². The molecule has 1 heterocycles. The summed E-state index contributed by atoms with van der Waals surface area (Å²) in [5.41, 5.74) is 5.86. The van der Waals surface area contributed by atoms with Crippen LogP contribution < -0.4 is 15.4 Å². The smallest absolute Gasteiger partial charge is 0.267 e. The Balaban J connectivity index is 2.36. The predicted molar refractivity (Wildman–Crippen MR) is 57.9 cm³/mol. The number of hydrogen-bond acceptors (Lipinski definition) is 3. The van der Waals surface area contributed by atoms with E-state index in [1.165, 1.54) is 23.1 Å². The zero-order chi connectivity index (χ0) is 11.7. The van der Waals surface area contributed by atoms with E-state index in [0.29, 0.717) is 24.4 Å². The normalized spacial score (nSPS) is 19.3. The fourth-order valence-electron chi connectivity index (χ4n) is 1.72. The number of anilines is 1. The lowest BCUT2D eigenvalue weighted by Gasteiger charge is -2.31. The molecule has 0 bridgehead atoms. The number of halogens is 1. The van der Waals surface area contributed by atoms with Crippen LogP contribution in [0.5, 0.6) is 5.75 Å². The van der Waals surface area contributed by atoms with E-state index in [4.69, 9.17) is 10.5 Å². The number of rotatable bonds is 2. The van der Waals surface area contributed by atoms with Crippen LogP contribution in [-0.4, -0.2) is 25.6 Å². The van der Waals surface area contributed by atoms with E-state index in [1.807, 2.05) is 0 Å². The van der Waals surface area contributed by atoms with Gasteiger partial charge in [-0.2, -0.15) is 0 Å². The summed E-state index contributed by atoms with van der Waals surface area (Å²) >= 11 is 0. The van der Waals surface area contributed by atoms with Crippen molar-refractivity contribution in [3.63, 3.8) is 0 Å². The van der Waals surface area contributed by atoms with Crippen molar-refractivity contribution in [1.29, 1.82) is 0 Å². The molecule has 4 nitrogen and oxygen atoms in total. The number of hydrogen-bond donors (Lipinski definition) is 1. The fourth-order valence-corrected chi connectivity index (χ4v) is 1.72. The first-order valence-electron chi connectivity index (χ1n) is 5.07. The number of nitrogens with zero attached hydrogens (tertiary/aromatic N) is 1. The van der Waals surface area contributed by atoms with E-state index in [-0.39, 0.29) is 11.7 Å². The topological polar surface area (TPSA) is 55.6 Å². The second-order valence-corrected chi connectivity index (χ2v) is 3.69. The minimum Gasteiger partial charge on any atom is -0.478 e. The summed E-state index contributed by atoms with van der Waals surface area (Å²) in [6.07, 6.45) is -0.104. The van der Waals surface area contributed by atoms with E-state index in [9.17, 15) is 9.18 Å². The minimum atomic E-state index is -0.562. The SMILES string of the molecule is CN1C(=O)C(CCN)Oc2ccc(F)cc21. The van der Waals surface area contributed by atoms with Crippen LogP contribution in [0.25, 0.3) is 0 Å². The summed E-state index contributed by atoms with van der Waals surface area (Å²) in [6.45, 7) is 0.376. The van der Waals surface area contributed by atoms with Crippen LogP contribution in [0.1, 0.15) is 6.42 Å². The number of amides is 1. The highest BCUT2D eigenvalue weighted by Gasteiger charge is 2.31. The standard InChI is InChI=1S/C11H13FN2O2/c1-14-8-6-7(12)2-3-9(8)16-10(4-5-13)11(14)15/h2-3,6,10H,4-5,13H2,1H3.